The average molecular weight is 266 g/mol. The fourth-order valence-electron chi connectivity index (χ4n) is 1.91. The molecule has 0 aromatic carbocycles. The van der Waals surface area contributed by atoms with Gasteiger partial charge < -0.3 is 4.90 Å². The van der Waals surface area contributed by atoms with Gasteiger partial charge in [0.15, 0.2) is 5.75 Å². The molecule has 0 aliphatic carbocycles. The van der Waals surface area contributed by atoms with Crippen molar-refractivity contribution >= 4 is 15.8 Å². The van der Waals surface area contributed by atoms with Crippen LogP contribution in [0.15, 0.2) is 24.4 Å². The van der Waals surface area contributed by atoms with Crippen molar-refractivity contribution in [3.8, 4) is 6.07 Å². The van der Waals surface area contributed by atoms with Gasteiger partial charge in [-0.25, -0.2) is 13.4 Å². The van der Waals surface area contributed by atoms with Crippen LogP contribution in [0.4, 0.5) is 5.82 Å². The summed E-state index contributed by atoms with van der Waals surface area (Å²) in [4.78, 5) is 6.27. The average Bonchev–Trinajstić information content (AvgIpc) is 2.40. The van der Waals surface area contributed by atoms with Gasteiger partial charge in [0, 0.05) is 32.4 Å². The normalized spacial score (nSPS) is 17.4. The summed E-state index contributed by atoms with van der Waals surface area (Å²) in [6, 6.07) is 7.34. The van der Waals surface area contributed by atoms with Crippen molar-refractivity contribution in [3.05, 3.63) is 24.4 Å². The molecule has 1 fully saturated rings. The fraction of sp³-hybridized carbons (Fsp3) is 0.455. The predicted octanol–water partition coefficient (Wildman–Crippen LogP) is 0.0570. The van der Waals surface area contributed by atoms with Crippen LogP contribution in [0.3, 0.4) is 0 Å². The van der Waals surface area contributed by atoms with Gasteiger partial charge in [-0.05, 0) is 12.1 Å². The molecule has 0 radical (unpaired) electrons. The van der Waals surface area contributed by atoms with Crippen molar-refractivity contribution in [2.24, 2.45) is 0 Å². The monoisotopic (exact) mass is 266 g/mol. The van der Waals surface area contributed by atoms with E-state index in [4.69, 9.17) is 5.26 Å². The second-order valence-electron chi connectivity index (χ2n) is 3.99. The smallest absolute Gasteiger partial charge is 0.227 e. The minimum atomic E-state index is -3.41. The predicted molar refractivity (Wildman–Crippen MR) is 67.4 cm³/mol. The number of sulfonamides is 1. The van der Waals surface area contributed by atoms with Gasteiger partial charge in [-0.3, -0.25) is 0 Å². The number of nitrogens with zero attached hydrogens (tertiary/aromatic N) is 4. The Bertz CT molecular complexity index is 530. The van der Waals surface area contributed by atoms with Crippen LogP contribution in [-0.4, -0.2) is 49.6 Å². The summed E-state index contributed by atoms with van der Waals surface area (Å²) in [5.41, 5.74) is 0. The van der Waals surface area contributed by atoms with Crippen LogP contribution in [0.2, 0.25) is 0 Å². The van der Waals surface area contributed by atoms with E-state index in [1.807, 2.05) is 23.1 Å². The molecule has 0 amide bonds. The zero-order chi connectivity index (χ0) is 13.0. The summed E-state index contributed by atoms with van der Waals surface area (Å²) in [6.45, 7) is 2.00. The van der Waals surface area contributed by atoms with Crippen molar-refractivity contribution in [3.63, 3.8) is 0 Å². The highest BCUT2D eigenvalue weighted by Crippen LogP contribution is 2.14. The van der Waals surface area contributed by atoms with Crippen LogP contribution in [0.5, 0.6) is 0 Å². The van der Waals surface area contributed by atoms with Crippen LogP contribution in [0, 0.1) is 11.3 Å². The molecule has 2 rings (SSSR count). The Kier molecular flexibility index (Phi) is 3.79. The summed E-state index contributed by atoms with van der Waals surface area (Å²) in [5, 5.41) is 8.49. The molecule has 1 aromatic heterocycles. The molecule has 0 spiro atoms. The van der Waals surface area contributed by atoms with Crippen molar-refractivity contribution in [1.82, 2.24) is 9.29 Å². The molecule has 1 saturated heterocycles. The molecular formula is C11H14N4O2S. The van der Waals surface area contributed by atoms with E-state index in [0.29, 0.717) is 26.2 Å². The van der Waals surface area contributed by atoms with E-state index in [-0.39, 0.29) is 0 Å². The van der Waals surface area contributed by atoms with Crippen molar-refractivity contribution in [2.45, 2.75) is 0 Å². The van der Waals surface area contributed by atoms with E-state index in [0.717, 1.165) is 5.82 Å². The molecule has 7 heteroatoms. The molecule has 0 bridgehead atoms. The molecule has 0 atom stereocenters. The maximum absolute atomic E-state index is 11.7. The number of pyridine rings is 1. The SMILES string of the molecule is N#CCS(=O)(=O)N1CCN(c2ccccn2)CC1. The van der Waals surface area contributed by atoms with Crippen molar-refractivity contribution < 1.29 is 8.42 Å². The first-order valence-electron chi connectivity index (χ1n) is 5.64. The van der Waals surface area contributed by atoms with E-state index in [1.54, 1.807) is 12.3 Å². The lowest BCUT2D eigenvalue weighted by Gasteiger charge is -2.34. The number of aromatic nitrogens is 1. The molecule has 2 heterocycles. The number of rotatable bonds is 3. The highest BCUT2D eigenvalue weighted by molar-refractivity contribution is 7.89. The van der Waals surface area contributed by atoms with Gasteiger partial charge in [0.1, 0.15) is 5.82 Å². The summed E-state index contributed by atoms with van der Waals surface area (Å²) in [5.74, 6) is 0.408. The zero-order valence-corrected chi connectivity index (χ0v) is 10.7. The Morgan fingerprint density at radius 3 is 2.56 bits per heavy atom. The second-order valence-corrected chi connectivity index (χ2v) is 5.96. The molecular weight excluding hydrogens is 252 g/mol. The number of nitriles is 1. The molecule has 96 valence electrons. The first-order chi connectivity index (χ1) is 8.63. The molecule has 0 saturated carbocycles. The first kappa shape index (κ1) is 12.8. The van der Waals surface area contributed by atoms with Crippen LogP contribution in [-0.2, 0) is 10.0 Å². The highest BCUT2D eigenvalue weighted by atomic mass is 32.2. The summed E-state index contributed by atoms with van der Waals surface area (Å²) in [7, 11) is -3.41. The molecule has 18 heavy (non-hydrogen) atoms. The van der Waals surface area contributed by atoms with E-state index in [1.165, 1.54) is 4.31 Å². The maximum atomic E-state index is 11.7. The van der Waals surface area contributed by atoms with Crippen LogP contribution in [0.1, 0.15) is 0 Å². The van der Waals surface area contributed by atoms with Crippen LogP contribution >= 0.6 is 0 Å². The Labute approximate surface area is 107 Å². The van der Waals surface area contributed by atoms with Gasteiger partial charge in [0.25, 0.3) is 0 Å². The van der Waals surface area contributed by atoms with Gasteiger partial charge in [0.2, 0.25) is 10.0 Å². The van der Waals surface area contributed by atoms with E-state index in [2.05, 4.69) is 4.98 Å². The Hall–Kier alpha value is -1.65. The van der Waals surface area contributed by atoms with E-state index in [9.17, 15) is 8.42 Å². The molecule has 1 aliphatic rings. The summed E-state index contributed by atoms with van der Waals surface area (Å²) < 4.78 is 24.8. The lowest BCUT2D eigenvalue weighted by molar-refractivity contribution is 0.385. The molecule has 0 N–H and O–H groups in total. The minimum absolute atomic E-state index is 0.403. The fourth-order valence-corrected chi connectivity index (χ4v) is 2.97. The second kappa shape index (κ2) is 5.33. The standard InChI is InChI=1S/C11H14N4O2S/c12-4-10-18(16,17)15-8-6-14(7-9-15)11-3-1-2-5-13-11/h1-3,5H,6-10H2. The van der Waals surface area contributed by atoms with Crippen molar-refractivity contribution in [2.75, 3.05) is 36.8 Å². The van der Waals surface area contributed by atoms with E-state index >= 15 is 0 Å². The largest absolute Gasteiger partial charge is 0.354 e. The highest BCUT2D eigenvalue weighted by Gasteiger charge is 2.26. The Morgan fingerprint density at radius 1 is 1.28 bits per heavy atom. The molecule has 1 aromatic rings. The maximum Gasteiger partial charge on any atom is 0.227 e. The summed E-state index contributed by atoms with van der Waals surface area (Å²) >= 11 is 0. The molecule has 1 aliphatic heterocycles. The molecule has 6 nitrogen and oxygen atoms in total. The first-order valence-corrected chi connectivity index (χ1v) is 7.25. The zero-order valence-electron chi connectivity index (χ0n) is 9.86. The summed E-state index contributed by atoms with van der Waals surface area (Å²) in [6.07, 6.45) is 1.72. The van der Waals surface area contributed by atoms with Crippen LogP contribution in [0.25, 0.3) is 0 Å². The van der Waals surface area contributed by atoms with Gasteiger partial charge >= 0.3 is 0 Å². The third-order valence-electron chi connectivity index (χ3n) is 2.85. The third-order valence-corrected chi connectivity index (χ3v) is 4.50. The van der Waals surface area contributed by atoms with Gasteiger partial charge in [-0.15, -0.1) is 0 Å². The minimum Gasteiger partial charge on any atom is -0.354 e. The number of hydrogen-bond donors (Lipinski definition) is 0. The molecule has 0 unspecified atom stereocenters. The van der Waals surface area contributed by atoms with Gasteiger partial charge in [-0.1, -0.05) is 6.07 Å². The van der Waals surface area contributed by atoms with E-state index < -0.39 is 15.8 Å². The van der Waals surface area contributed by atoms with Gasteiger partial charge in [-0.2, -0.15) is 9.57 Å². The van der Waals surface area contributed by atoms with Crippen molar-refractivity contribution in [1.29, 1.82) is 5.26 Å². The third kappa shape index (κ3) is 2.78. The van der Waals surface area contributed by atoms with Crippen LogP contribution < -0.4 is 4.90 Å². The Morgan fingerprint density at radius 2 is 2.00 bits per heavy atom. The topological polar surface area (TPSA) is 77.3 Å². The number of hydrogen-bond acceptors (Lipinski definition) is 5. The Balaban J connectivity index is 1.99. The lowest BCUT2D eigenvalue weighted by Crippen LogP contribution is -2.49. The number of anilines is 1. The quantitative estimate of drug-likeness (QED) is 0.773. The lowest BCUT2D eigenvalue weighted by atomic mass is 10.3. The number of piperazine rings is 1. The van der Waals surface area contributed by atoms with Gasteiger partial charge in [0.05, 0.1) is 6.07 Å².